The van der Waals surface area contributed by atoms with Crippen LogP contribution in [0.3, 0.4) is 0 Å². The van der Waals surface area contributed by atoms with Crippen molar-refractivity contribution in [2.24, 2.45) is 28.7 Å². The molecular weight excluding hydrogens is 1180 g/mol. The van der Waals surface area contributed by atoms with Gasteiger partial charge < -0.3 is 71.0 Å². The zero-order valence-corrected chi connectivity index (χ0v) is 58.8. The third-order valence-corrected chi connectivity index (χ3v) is 17.6. The van der Waals surface area contributed by atoms with Gasteiger partial charge >= 0.3 is 5.97 Å². The van der Waals surface area contributed by atoms with Gasteiger partial charge in [0.25, 0.3) is 0 Å². The summed E-state index contributed by atoms with van der Waals surface area (Å²) in [5.41, 5.74) is 28.2. The monoisotopic (exact) mass is 1320 g/mol. The Morgan fingerprint density at radius 2 is 0.398 bits per heavy atom. The van der Waals surface area contributed by atoms with Gasteiger partial charge in [-0.1, -0.05) is 180 Å². The van der Waals surface area contributed by atoms with Gasteiger partial charge in [-0.15, -0.1) is 0 Å². The van der Waals surface area contributed by atoms with E-state index in [1.807, 2.05) is 0 Å². The number of nitrogens with two attached hydrogens (primary N) is 5. The fraction of sp³-hybridized carbons (Fsp3) is 0.889. The van der Waals surface area contributed by atoms with Gasteiger partial charge in [0.1, 0.15) is 24.2 Å². The molecule has 7 amide bonds. The van der Waals surface area contributed by atoms with Crippen LogP contribution in [0.15, 0.2) is 0 Å². The van der Waals surface area contributed by atoms with Gasteiger partial charge in [0, 0.05) is 45.3 Å². The number of unbranched alkanes of at least 4 members (excludes halogenated alkanes) is 36. The van der Waals surface area contributed by atoms with E-state index >= 15 is 0 Å². The quantitative estimate of drug-likeness (QED) is 0.0252. The molecule has 21 nitrogen and oxygen atoms in total. The Hall–Kier alpha value is -4.44. The zero-order chi connectivity index (χ0) is 68.3. The van der Waals surface area contributed by atoms with Crippen molar-refractivity contribution in [2.75, 3.05) is 52.4 Å². The summed E-state index contributed by atoms with van der Waals surface area (Å²) >= 11 is 0. The number of carboxylic acid groups (broad SMARTS) is 1. The lowest BCUT2D eigenvalue weighted by atomic mass is 10.0. The minimum absolute atomic E-state index is 0.0434. The number of hydrogen-bond donors (Lipinski definition) is 13. The molecule has 0 bridgehead atoms. The van der Waals surface area contributed by atoms with Gasteiger partial charge in [-0.05, 0) is 161 Å². The van der Waals surface area contributed by atoms with Crippen LogP contribution in [0.2, 0.25) is 0 Å². The molecule has 21 heteroatoms. The van der Waals surface area contributed by atoms with Crippen molar-refractivity contribution in [3.05, 3.63) is 0 Å². The molecule has 18 N–H and O–H groups in total. The molecule has 0 fully saturated rings. The van der Waals surface area contributed by atoms with E-state index in [-0.39, 0.29) is 41.4 Å². The minimum atomic E-state index is -1.00. The molecule has 0 aromatic carbocycles. The highest BCUT2D eigenvalue weighted by Crippen LogP contribution is 2.16. The van der Waals surface area contributed by atoms with Crippen LogP contribution in [0.5, 0.6) is 0 Å². The molecule has 0 unspecified atom stereocenters. The van der Waals surface area contributed by atoms with Gasteiger partial charge in [0.15, 0.2) is 0 Å². The molecule has 0 rings (SSSR count). The van der Waals surface area contributed by atoms with Crippen molar-refractivity contribution in [1.82, 2.24) is 37.2 Å². The van der Waals surface area contributed by atoms with Crippen molar-refractivity contribution in [1.29, 1.82) is 0 Å². The molecule has 0 saturated heterocycles. The number of hydrogen-bond acceptors (Lipinski definition) is 13. The molecule has 0 aliphatic rings. The summed E-state index contributed by atoms with van der Waals surface area (Å²) in [6, 6.07) is -2.46. The Morgan fingerprint density at radius 1 is 0.226 bits per heavy atom. The second-order valence-corrected chi connectivity index (χ2v) is 26.3. The highest BCUT2D eigenvalue weighted by Gasteiger charge is 2.23. The van der Waals surface area contributed by atoms with Crippen LogP contribution in [0, 0.1) is 0 Å². The van der Waals surface area contributed by atoms with Crippen molar-refractivity contribution in [3.8, 4) is 0 Å². The van der Waals surface area contributed by atoms with Crippen molar-refractivity contribution in [3.63, 3.8) is 0 Å². The smallest absolute Gasteiger partial charge is 0.326 e. The molecule has 0 spiro atoms. The van der Waals surface area contributed by atoms with Crippen LogP contribution in [0.25, 0.3) is 0 Å². The zero-order valence-electron chi connectivity index (χ0n) is 58.8. The first-order valence-electron chi connectivity index (χ1n) is 38.1. The summed E-state index contributed by atoms with van der Waals surface area (Å²) < 4.78 is 0. The maximum Gasteiger partial charge on any atom is 0.326 e. The Labute approximate surface area is 564 Å². The SMILES string of the molecule is NCCCCCCCCCCCC(=O)N[C@@H](CCCCN)C(=O)NCCCCCCCCCCCC(=O)N[C@@H](CCCCN)C(=O)NCCCCCCCCCCCC(=O)N[C@@H](CCCCN)C(=O)NCCCCCCCCCCCC(=O)N[C@@H](CCCCN)C(=O)O. The highest BCUT2D eigenvalue weighted by molar-refractivity contribution is 5.89. The van der Waals surface area contributed by atoms with E-state index in [4.69, 9.17) is 28.7 Å². The first-order chi connectivity index (χ1) is 45.3. The Kier molecular flexibility index (Phi) is 64.3. The number of carboxylic acids is 1. The molecule has 0 aliphatic carbocycles. The Morgan fingerprint density at radius 3 is 0.613 bits per heavy atom. The van der Waals surface area contributed by atoms with E-state index in [1.54, 1.807) is 0 Å². The number of aliphatic carboxylic acids is 1. The van der Waals surface area contributed by atoms with Crippen LogP contribution < -0.4 is 65.9 Å². The first-order valence-corrected chi connectivity index (χ1v) is 38.1. The molecule has 0 aliphatic heterocycles. The molecular formula is C72H142N12O9. The number of nitrogens with one attached hydrogen (secondary N) is 7. The van der Waals surface area contributed by atoms with Crippen LogP contribution in [0.1, 0.15) is 334 Å². The third-order valence-electron chi connectivity index (χ3n) is 17.6. The van der Waals surface area contributed by atoms with Crippen LogP contribution in [-0.4, -0.2) is 129 Å². The molecule has 93 heavy (non-hydrogen) atoms. The van der Waals surface area contributed by atoms with Gasteiger partial charge in [-0.2, -0.15) is 0 Å². The second kappa shape index (κ2) is 67.5. The normalized spacial score (nSPS) is 12.6. The lowest BCUT2D eigenvalue weighted by Gasteiger charge is -2.18. The largest absolute Gasteiger partial charge is 0.480 e. The number of amides is 7. The first kappa shape index (κ1) is 88.6. The van der Waals surface area contributed by atoms with Gasteiger partial charge in [-0.3, -0.25) is 33.6 Å². The van der Waals surface area contributed by atoms with E-state index in [2.05, 4.69) is 37.2 Å². The van der Waals surface area contributed by atoms with E-state index < -0.39 is 30.1 Å². The number of carbonyl (C=O) groups excluding carboxylic acids is 7. The minimum Gasteiger partial charge on any atom is -0.480 e. The number of carbonyl (C=O) groups is 8. The summed E-state index contributed by atoms with van der Waals surface area (Å²) in [5.74, 6) is -1.76. The Balaban J connectivity index is 4.20. The van der Waals surface area contributed by atoms with Crippen molar-refractivity contribution >= 4 is 47.3 Å². The molecule has 544 valence electrons. The van der Waals surface area contributed by atoms with Crippen LogP contribution in [0.4, 0.5) is 0 Å². The highest BCUT2D eigenvalue weighted by atomic mass is 16.4. The second-order valence-electron chi connectivity index (χ2n) is 26.3. The fourth-order valence-corrected chi connectivity index (χ4v) is 11.7. The van der Waals surface area contributed by atoms with Crippen molar-refractivity contribution < 1.29 is 43.5 Å². The van der Waals surface area contributed by atoms with Crippen LogP contribution in [-0.2, 0) is 38.4 Å². The predicted octanol–water partition coefficient (Wildman–Crippen LogP) is 10.4. The molecule has 0 saturated carbocycles. The molecule has 0 radical (unpaired) electrons. The molecule has 4 atom stereocenters. The standard InChI is InChI=1S/C72H142N12O9/c73-53-37-25-17-9-1-5-13-21-29-49-65(85)81-61(45-33-38-54-74)69(89)78-58-42-26-18-10-2-6-14-22-30-50-66(86)82-62(46-34-39-55-75)70(90)79-59-43-27-19-11-3-7-15-23-31-51-67(87)83-63(47-35-40-56-76)71(91)80-60-44-28-20-12-4-8-16-24-32-52-68(88)84-64(72(92)93)48-36-41-57-77/h61-64H,1-60,73-77H2,(H,78,89)(H,79,90)(H,80,91)(H,81,85)(H,82,86)(H,83,87)(H,84,88)(H,92,93)/t61-,62-,63-,64-/m0/s1. The lowest BCUT2D eigenvalue weighted by molar-refractivity contribution is -0.142. The van der Waals surface area contributed by atoms with Crippen molar-refractivity contribution in [2.45, 2.75) is 358 Å². The van der Waals surface area contributed by atoms with E-state index in [9.17, 15) is 43.5 Å². The van der Waals surface area contributed by atoms with E-state index in [0.717, 1.165) is 251 Å². The summed E-state index contributed by atoms with van der Waals surface area (Å²) in [6.07, 6.45) is 47.7. The topological polar surface area (TPSA) is 371 Å². The van der Waals surface area contributed by atoms with E-state index in [0.29, 0.717) is 104 Å². The van der Waals surface area contributed by atoms with E-state index in [1.165, 1.54) is 32.1 Å². The summed E-state index contributed by atoms with van der Waals surface area (Å²) in [5, 5.41) is 30.2. The van der Waals surface area contributed by atoms with Gasteiger partial charge in [0.2, 0.25) is 41.4 Å². The summed E-state index contributed by atoms with van der Waals surface area (Å²) in [6.45, 7) is 4.72. The maximum atomic E-state index is 13.2. The van der Waals surface area contributed by atoms with Crippen LogP contribution >= 0.6 is 0 Å². The third kappa shape index (κ3) is 58.6. The molecule has 0 aromatic rings. The van der Waals surface area contributed by atoms with Gasteiger partial charge in [-0.25, -0.2) is 4.79 Å². The van der Waals surface area contributed by atoms with Gasteiger partial charge in [0.05, 0.1) is 0 Å². The average Bonchev–Trinajstić information content (AvgIpc) is 3.75. The summed E-state index contributed by atoms with van der Waals surface area (Å²) in [4.78, 5) is 102. The molecule has 0 heterocycles. The summed E-state index contributed by atoms with van der Waals surface area (Å²) in [7, 11) is 0. The predicted molar refractivity (Wildman–Crippen MR) is 380 cm³/mol. The number of rotatable bonds is 71. The fourth-order valence-electron chi connectivity index (χ4n) is 11.7. The Bertz CT molecular complexity index is 1840. The molecule has 0 aromatic heterocycles. The lowest BCUT2D eigenvalue weighted by Crippen LogP contribution is -2.47. The maximum absolute atomic E-state index is 13.2. The average molecular weight is 1320 g/mol.